The lowest BCUT2D eigenvalue weighted by molar-refractivity contribution is -0.137. The molecule has 3 aliphatic rings. The number of aliphatic hydroxyl groups excluding tert-OH is 1. The molecule has 0 bridgehead atoms. The van der Waals surface area contributed by atoms with Gasteiger partial charge in [-0.3, -0.25) is 9.69 Å². The van der Waals surface area contributed by atoms with Crippen molar-refractivity contribution in [2.45, 2.75) is 18.6 Å². The maximum Gasteiger partial charge on any atom is 0.328 e. The third-order valence-corrected chi connectivity index (χ3v) is 5.06. The second kappa shape index (κ2) is 6.24. The van der Waals surface area contributed by atoms with Gasteiger partial charge in [-0.1, -0.05) is 0 Å². The summed E-state index contributed by atoms with van der Waals surface area (Å²) < 4.78 is 13.2. The van der Waals surface area contributed by atoms with Crippen LogP contribution in [0.2, 0.25) is 0 Å². The number of nitrogens with zero attached hydrogens (tertiary/aromatic N) is 5. The van der Waals surface area contributed by atoms with Crippen LogP contribution in [0.3, 0.4) is 0 Å². The van der Waals surface area contributed by atoms with Crippen LogP contribution >= 0.6 is 0 Å². The van der Waals surface area contributed by atoms with Gasteiger partial charge in [-0.15, -0.1) is 0 Å². The lowest BCUT2D eigenvalue weighted by atomic mass is 10.1. The van der Waals surface area contributed by atoms with Crippen molar-refractivity contribution in [2.24, 2.45) is 4.99 Å². The molecule has 1 aromatic carbocycles. The molecule has 0 radical (unpaired) electrons. The third kappa shape index (κ3) is 2.42. The molecule has 4 rings (SSSR count). The average Bonchev–Trinajstić information content (AvgIpc) is 3.20. The predicted molar refractivity (Wildman–Crippen MR) is 92.0 cm³/mol. The molecule has 1 N–H and O–H groups in total. The highest BCUT2D eigenvalue weighted by molar-refractivity contribution is 6.07. The summed E-state index contributed by atoms with van der Waals surface area (Å²) in [7, 11) is 1.63. The van der Waals surface area contributed by atoms with Crippen LogP contribution in [0.1, 0.15) is 6.42 Å². The van der Waals surface area contributed by atoms with Crippen LogP contribution in [0.25, 0.3) is 0 Å². The molecule has 0 aliphatic carbocycles. The number of halogens is 1. The number of imide groups is 1. The topological polar surface area (TPSA) is 79.7 Å². The van der Waals surface area contributed by atoms with Crippen molar-refractivity contribution in [3.05, 3.63) is 30.1 Å². The summed E-state index contributed by atoms with van der Waals surface area (Å²) in [6, 6.07) is 5.16. The maximum atomic E-state index is 13.2. The SMILES string of the molecule is CN1C(=O)N(CCCO)C(=O)C2C1N=C1N(c3ccc(F)cc3)CCN12. The van der Waals surface area contributed by atoms with Crippen molar-refractivity contribution in [1.29, 1.82) is 0 Å². The fraction of sp³-hybridized carbons (Fsp3) is 0.471. The first-order valence-electron chi connectivity index (χ1n) is 8.59. The molecule has 0 spiro atoms. The van der Waals surface area contributed by atoms with Gasteiger partial charge in [-0.05, 0) is 30.7 Å². The molecule has 3 aliphatic heterocycles. The van der Waals surface area contributed by atoms with E-state index in [-0.39, 0.29) is 24.9 Å². The van der Waals surface area contributed by atoms with Crippen molar-refractivity contribution in [3.63, 3.8) is 0 Å². The molecular formula is C17H20FN5O3. The molecule has 9 heteroatoms. The van der Waals surface area contributed by atoms with E-state index in [1.807, 2.05) is 9.80 Å². The summed E-state index contributed by atoms with van der Waals surface area (Å²) in [6.45, 7) is 1.33. The van der Waals surface area contributed by atoms with E-state index >= 15 is 0 Å². The Hall–Kier alpha value is -2.68. The molecule has 3 amide bonds. The van der Waals surface area contributed by atoms with Gasteiger partial charge in [0.25, 0.3) is 5.91 Å². The van der Waals surface area contributed by atoms with Gasteiger partial charge in [0.2, 0.25) is 5.96 Å². The minimum Gasteiger partial charge on any atom is -0.396 e. The number of guanidine groups is 1. The number of hydrogen-bond donors (Lipinski definition) is 1. The van der Waals surface area contributed by atoms with Crippen molar-refractivity contribution in [3.8, 4) is 0 Å². The standard InChI is InChI=1S/C17H20FN5O3/c1-20-14-13(15(25)23(17(20)26)7-2-10-24)22-9-8-21(16(22)19-14)12-5-3-11(18)4-6-12/h3-6,13-14,24H,2,7-10H2,1H3. The van der Waals surface area contributed by atoms with E-state index in [9.17, 15) is 14.0 Å². The first-order valence-corrected chi connectivity index (χ1v) is 8.59. The summed E-state index contributed by atoms with van der Waals surface area (Å²) in [5.74, 6) is 0.0294. The number of likely N-dealkylation sites (N-methyl/N-ethyl adjacent to an activating group) is 1. The number of benzene rings is 1. The number of anilines is 1. The summed E-state index contributed by atoms with van der Waals surface area (Å²) in [5, 5.41) is 9.02. The van der Waals surface area contributed by atoms with Crippen LogP contribution in [-0.4, -0.2) is 83.2 Å². The Morgan fingerprint density at radius 3 is 2.65 bits per heavy atom. The zero-order valence-corrected chi connectivity index (χ0v) is 14.4. The van der Waals surface area contributed by atoms with Crippen LogP contribution < -0.4 is 4.90 Å². The molecule has 0 saturated carbocycles. The maximum absolute atomic E-state index is 13.2. The number of rotatable bonds is 4. The van der Waals surface area contributed by atoms with Crippen molar-refractivity contribution in [2.75, 3.05) is 38.2 Å². The molecule has 2 unspecified atom stereocenters. The highest BCUT2D eigenvalue weighted by Gasteiger charge is 2.54. The Labute approximate surface area is 150 Å². The smallest absolute Gasteiger partial charge is 0.328 e. The number of aliphatic imine (C=N–C) groups is 1. The van der Waals surface area contributed by atoms with Gasteiger partial charge in [0.15, 0.2) is 12.2 Å². The highest BCUT2D eigenvalue weighted by Crippen LogP contribution is 2.33. The number of hydrogen-bond acceptors (Lipinski definition) is 6. The molecule has 138 valence electrons. The normalized spacial score (nSPS) is 25.0. The van der Waals surface area contributed by atoms with Crippen LogP contribution in [0.15, 0.2) is 29.3 Å². The Kier molecular flexibility index (Phi) is 4.03. The molecule has 3 heterocycles. The van der Waals surface area contributed by atoms with E-state index in [1.165, 1.54) is 21.9 Å². The van der Waals surface area contributed by atoms with E-state index in [0.29, 0.717) is 25.5 Å². The highest BCUT2D eigenvalue weighted by atomic mass is 19.1. The number of carbonyl (C=O) groups excluding carboxylic acids is 2. The fourth-order valence-electron chi connectivity index (χ4n) is 3.74. The monoisotopic (exact) mass is 361 g/mol. The third-order valence-electron chi connectivity index (χ3n) is 5.06. The van der Waals surface area contributed by atoms with Gasteiger partial charge in [0.1, 0.15) is 5.82 Å². The quantitative estimate of drug-likeness (QED) is 0.834. The first-order chi connectivity index (χ1) is 12.5. The van der Waals surface area contributed by atoms with Crippen LogP contribution in [-0.2, 0) is 4.79 Å². The fourth-order valence-corrected chi connectivity index (χ4v) is 3.74. The Morgan fingerprint density at radius 2 is 1.96 bits per heavy atom. The van der Waals surface area contributed by atoms with Crippen LogP contribution in [0.4, 0.5) is 14.9 Å². The molecule has 2 saturated heterocycles. The molecule has 2 atom stereocenters. The summed E-state index contributed by atoms with van der Waals surface area (Å²) >= 11 is 0. The Morgan fingerprint density at radius 1 is 1.23 bits per heavy atom. The Balaban J connectivity index is 1.63. The summed E-state index contributed by atoms with van der Waals surface area (Å²) in [6.07, 6.45) is -0.225. The molecule has 26 heavy (non-hydrogen) atoms. The molecule has 8 nitrogen and oxygen atoms in total. The van der Waals surface area contributed by atoms with E-state index in [1.54, 1.807) is 19.2 Å². The minimum absolute atomic E-state index is 0.0846. The first kappa shape index (κ1) is 16.8. The number of urea groups is 1. The second-order valence-corrected chi connectivity index (χ2v) is 6.57. The van der Waals surface area contributed by atoms with Crippen molar-refractivity contribution >= 4 is 23.6 Å². The van der Waals surface area contributed by atoms with E-state index in [0.717, 1.165) is 5.69 Å². The number of amides is 3. The lowest BCUT2D eigenvalue weighted by Crippen LogP contribution is -2.64. The second-order valence-electron chi connectivity index (χ2n) is 6.57. The largest absolute Gasteiger partial charge is 0.396 e. The van der Waals surface area contributed by atoms with Gasteiger partial charge in [0.05, 0.1) is 0 Å². The predicted octanol–water partition coefficient (Wildman–Crippen LogP) is 0.288. The van der Waals surface area contributed by atoms with Crippen LogP contribution in [0, 0.1) is 5.82 Å². The average molecular weight is 361 g/mol. The molecule has 2 fully saturated rings. The number of aliphatic hydroxyl groups is 1. The Bertz CT molecular complexity index is 768. The summed E-state index contributed by atoms with van der Waals surface area (Å²) in [5.41, 5.74) is 0.796. The molecular weight excluding hydrogens is 341 g/mol. The van der Waals surface area contributed by atoms with Crippen LogP contribution in [0.5, 0.6) is 0 Å². The van der Waals surface area contributed by atoms with E-state index < -0.39 is 18.2 Å². The summed E-state index contributed by atoms with van der Waals surface area (Å²) in [4.78, 5) is 36.5. The van der Waals surface area contributed by atoms with Crippen molar-refractivity contribution < 1.29 is 19.1 Å². The molecule has 0 aromatic heterocycles. The zero-order chi connectivity index (χ0) is 18.4. The van der Waals surface area contributed by atoms with Gasteiger partial charge in [-0.25, -0.2) is 14.2 Å². The van der Waals surface area contributed by atoms with E-state index in [4.69, 9.17) is 5.11 Å². The van der Waals surface area contributed by atoms with Crippen molar-refractivity contribution in [1.82, 2.24) is 14.7 Å². The van der Waals surface area contributed by atoms with E-state index in [2.05, 4.69) is 4.99 Å². The van der Waals surface area contributed by atoms with Gasteiger partial charge in [-0.2, -0.15) is 0 Å². The molecule has 1 aromatic rings. The van der Waals surface area contributed by atoms with Gasteiger partial charge < -0.3 is 19.8 Å². The lowest BCUT2D eigenvalue weighted by Gasteiger charge is -2.40. The van der Waals surface area contributed by atoms with Gasteiger partial charge in [0, 0.05) is 39.0 Å². The zero-order valence-electron chi connectivity index (χ0n) is 14.4. The number of fused-ring (bicyclic) bond motifs is 3. The number of carbonyl (C=O) groups is 2. The van der Waals surface area contributed by atoms with Gasteiger partial charge >= 0.3 is 6.03 Å². The minimum atomic E-state index is -0.571.